The highest BCUT2D eigenvalue weighted by atomic mass is 16.4. The summed E-state index contributed by atoms with van der Waals surface area (Å²) in [4.78, 5) is 16.2. The number of nitrogens with one attached hydrogen (secondary N) is 2. The van der Waals surface area contributed by atoms with Crippen molar-refractivity contribution in [3.8, 4) is 17.4 Å². The van der Waals surface area contributed by atoms with Crippen LogP contribution in [0, 0.1) is 11.3 Å². The average Bonchev–Trinajstić information content (AvgIpc) is 3.16. The van der Waals surface area contributed by atoms with Crippen molar-refractivity contribution in [3.05, 3.63) is 41.9 Å². The van der Waals surface area contributed by atoms with Gasteiger partial charge < -0.3 is 15.1 Å². The molecule has 1 aromatic carbocycles. The number of hydrogen-bond acceptors (Lipinski definition) is 5. The first-order valence-electron chi connectivity index (χ1n) is 7.16. The Hall–Kier alpha value is -2.65. The minimum Gasteiger partial charge on any atom is -0.432 e. The Morgan fingerprint density at radius 1 is 1.55 bits per heavy atom. The van der Waals surface area contributed by atoms with Crippen molar-refractivity contribution in [1.82, 2.24) is 15.6 Å². The Labute approximate surface area is 128 Å². The first kappa shape index (κ1) is 14.3. The lowest BCUT2D eigenvalue weighted by Crippen LogP contribution is -2.36. The van der Waals surface area contributed by atoms with E-state index in [1.54, 1.807) is 18.2 Å². The molecule has 1 aromatic heterocycles. The Balaban J connectivity index is 1.73. The van der Waals surface area contributed by atoms with Gasteiger partial charge in [-0.25, -0.2) is 4.98 Å². The number of nitriles is 1. The molecule has 6 heteroatoms. The number of carbonyl (C=O) groups is 1. The number of oxazole rings is 1. The molecular weight excluding hydrogens is 280 g/mol. The van der Waals surface area contributed by atoms with Gasteiger partial charge in [-0.3, -0.25) is 4.79 Å². The van der Waals surface area contributed by atoms with Crippen LogP contribution in [0.2, 0.25) is 0 Å². The third-order valence-corrected chi connectivity index (χ3v) is 3.66. The molecule has 6 nitrogen and oxygen atoms in total. The fourth-order valence-electron chi connectivity index (χ4n) is 2.55. The Morgan fingerprint density at radius 3 is 3.14 bits per heavy atom. The van der Waals surface area contributed by atoms with Crippen molar-refractivity contribution in [2.45, 2.75) is 25.4 Å². The number of benzene rings is 1. The monoisotopic (exact) mass is 296 g/mol. The van der Waals surface area contributed by atoms with Crippen molar-refractivity contribution < 1.29 is 9.21 Å². The van der Waals surface area contributed by atoms with Crippen LogP contribution in [0.4, 0.5) is 0 Å². The largest absolute Gasteiger partial charge is 0.432 e. The molecule has 2 atom stereocenters. The minimum atomic E-state index is -0.316. The van der Waals surface area contributed by atoms with Crippen molar-refractivity contribution >= 4 is 5.91 Å². The summed E-state index contributed by atoms with van der Waals surface area (Å²) in [6, 6.07) is 9.56. The third kappa shape index (κ3) is 3.00. The highest BCUT2D eigenvalue weighted by Crippen LogP contribution is 2.21. The molecule has 2 aromatic rings. The van der Waals surface area contributed by atoms with Gasteiger partial charge in [0.25, 0.3) is 5.89 Å². The van der Waals surface area contributed by atoms with Gasteiger partial charge in [-0.2, -0.15) is 5.26 Å². The molecule has 0 saturated carbocycles. The Kier molecular flexibility index (Phi) is 3.90. The van der Waals surface area contributed by atoms with Crippen LogP contribution in [0.5, 0.6) is 0 Å². The zero-order valence-corrected chi connectivity index (χ0v) is 12.2. The molecule has 1 amide bonds. The normalized spacial score (nSPS) is 20.5. The number of rotatable bonds is 3. The van der Waals surface area contributed by atoms with E-state index in [2.05, 4.69) is 28.6 Å². The summed E-state index contributed by atoms with van der Waals surface area (Å²) in [5, 5.41) is 15.1. The van der Waals surface area contributed by atoms with E-state index in [0.29, 0.717) is 17.4 Å². The van der Waals surface area contributed by atoms with E-state index < -0.39 is 0 Å². The summed E-state index contributed by atoms with van der Waals surface area (Å²) in [5.41, 5.74) is 1.26. The zero-order chi connectivity index (χ0) is 15.5. The number of nitrogens with zero attached hydrogens (tertiary/aromatic N) is 2. The number of amides is 1. The van der Waals surface area contributed by atoms with Crippen molar-refractivity contribution in [2.24, 2.45) is 0 Å². The van der Waals surface area contributed by atoms with E-state index in [9.17, 15) is 4.79 Å². The van der Waals surface area contributed by atoms with Crippen LogP contribution < -0.4 is 10.6 Å². The van der Waals surface area contributed by atoms with Gasteiger partial charge in [-0.05, 0) is 25.5 Å². The highest BCUT2D eigenvalue weighted by Gasteiger charge is 2.24. The van der Waals surface area contributed by atoms with Crippen LogP contribution in [0.25, 0.3) is 11.3 Å². The van der Waals surface area contributed by atoms with Crippen molar-refractivity contribution in [3.63, 3.8) is 0 Å². The van der Waals surface area contributed by atoms with Gasteiger partial charge >= 0.3 is 5.91 Å². The zero-order valence-electron chi connectivity index (χ0n) is 12.2. The molecule has 0 bridgehead atoms. The minimum absolute atomic E-state index is 0.0388. The first-order valence-corrected chi connectivity index (χ1v) is 7.16. The second kappa shape index (κ2) is 6.00. The molecule has 3 rings (SSSR count). The van der Waals surface area contributed by atoms with Crippen LogP contribution >= 0.6 is 0 Å². The molecule has 2 N–H and O–H groups in total. The predicted molar refractivity (Wildman–Crippen MR) is 80.0 cm³/mol. The van der Waals surface area contributed by atoms with Gasteiger partial charge in [-0.1, -0.05) is 12.1 Å². The van der Waals surface area contributed by atoms with Crippen LogP contribution in [0.1, 0.15) is 29.6 Å². The van der Waals surface area contributed by atoms with Gasteiger partial charge in [0, 0.05) is 24.2 Å². The summed E-state index contributed by atoms with van der Waals surface area (Å²) in [5.74, 6) is 0.195. The lowest BCUT2D eigenvalue weighted by Gasteiger charge is -2.09. The Bertz CT molecular complexity index is 732. The predicted octanol–water partition coefficient (Wildman–Crippen LogP) is 1.69. The molecular formula is C16H16N4O2. The molecule has 22 heavy (non-hydrogen) atoms. The molecule has 1 aliphatic rings. The molecule has 0 spiro atoms. The van der Waals surface area contributed by atoms with E-state index in [0.717, 1.165) is 18.5 Å². The second-order valence-corrected chi connectivity index (χ2v) is 5.44. The molecule has 2 heterocycles. The standard InChI is InChI=1S/C16H16N4O2/c1-10-5-13(8-18-10)20-15(21)16-19-9-14(22-16)12-4-2-3-11(6-12)7-17/h2-4,6,9-10,13,18H,5,8H2,1H3,(H,20,21)/t10-,13-/m1/s1. The van der Waals surface area contributed by atoms with Crippen LogP contribution in [-0.2, 0) is 0 Å². The maximum Gasteiger partial charge on any atom is 0.307 e. The van der Waals surface area contributed by atoms with Crippen molar-refractivity contribution in [1.29, 1.82) is 5.26 Å². The van der Waals surface area contributed by atoms with Gasteiger partial charge in [0.1, 0.15) is 0 Å². The molecule has 0 unspecified atom stereocenters. The van der Waals surface area contributed by atoms with E-state index >= 15 is 0 Å². The average molecular weight is 296 g/mol. The fourth-order valence-corrected chi connectivity index (χ4v) is 2.55. The van der Waals surface area contributed by atoms with E-state index in [1.807, 2.05) is 6.07 Å². The van der Waals surface area contributed by atoms with Crippen LogP contribution in [-0.4, -0.2) is 29.5 Å². The SMILES string of the molecule is C[C@@H]1C[C@@H](NC(=O)c2ncc(-c3cccc(C#N)c3)o2)CN1. The Morgan fingerprint density at radius 2 is 2.41 bits per heavy atom. The summed E-state index contributed by atoms with van der Waals surface area (Å²) in [7, 11) is 0. The van der Waals surface area contributed by atoms with Crippen LogP contribution in [0.15, 0.2) is 34.9 Å². The molecule has 112 valence electrons. The highest BCUT2D eigenvalue weighted by molar-refractivity contribution is 5.90. The van der Waals surface area contributed by atoms with E-state index in [1.165, 1.54) is 6.20 Å². The van der Waals surface area contributed by atoms with Gasteiger partial charge in [0.05, 0.1) is 17.8 Å². The quantitative estimate of drug-likeness (QED) is 0.899. The third-order valence-electron chi connectivity index (χ3n) is 3.66. The lowest BCUT2D eigenvalue weighted by molar-refractivity contribution is 0.0905. The van der Waals surface area contributed by atoms with Crippen molar-refractivity contribution in [2.75, 3.05) is 6.54 Å². The molecule has 1 fully saturated rings. The molecule has 0 aliphatic carbocycles. The molecule has 1 aliphatic heterocycles. The van der Waals surface area contributed by atoms with Crippen LogP contribution in [0.3, 0.4) is 0 Å². The first-order chi connectivity index (χ1) is 10.7. The molecule has 0 radical (unpaired) electrons. The molecule has 1 saturated heterocycles. The van der Waals surface area contributed by atoms with Gasteiger partial charge in [0.15, 0.2) is 5.76 Å². The maximum atomic E-state index is 12.1. The van der Waals surface area contributed by atoms with Gasteiger partial charge in [-0.15, -0.1) is 0 Å². The summed E-state index contributed by atoms with van der Waals surface area (Å²) < 4.78 is 5.52. The topological polar surface area (TPSA) is 91.0 Å². The summed E-state index contributed by atoms with van der Waals surface area (Å²) in [6.07, 6.45) is 2.39. The summed E-state index contributed by atoms with van der Waals surface area (Å²) >= 11 is 0. The number of carbonyl (C=O) groups excluding carboxylic acids is 1. The fraction of sp³-hybridized carbons (Fsp3) is 0.312. The lowest BCUT2D eigenvalue weighted by atomic mass is 10.1. The van der Waals surface area contributed by atoms with E-state index in [-0.39, 0.29) is 17.8 Å². The summed E-state index contributed by atoms with van der Waals surface area (Å²) in [6.45, 7) is 2.84. The van der Waals surface area contributed by atoms with E-state index in [4.69, 9.17) is 9.68 Å². The maximum absolute atomic E-state index is 12.1. The number of hydrogen-bond donors (Lipinski definition) is 2. The van der Waals surface area contributed by atoms with Gasteiger partial charge in [0.2, 0.25) is 0 Å². The smallest absolute Gasteiger partial charge is 0.307 e. The number of aromatic nitrogens is 1. The second-order valence-electron chi connectivity index (χ2n) is 5.44.